The number of hydrogen-bond donors (Lipinski definition) is 2. The Hall–Kier alpha value is 0.200. The summed E-state index contributed by atoms with van der Waals surface area (Å²) in [6.07, 6.45) is 1.86. The van der Waals surface area contributed by atoms with Crippen LogP contribution in [-0.2, 0) is 9.59 Å². The van der Waals surface area contributed by atoms with Gasteiger partial charge in [-0.15, -0.1) is 0 Å². The van der Waals surface area contributed by atoms with Crippen LogP contribution < -0.4 is 0 Å². The maximum Gasteiger partial charge on any atom is 2.00 e. The fourth-order valence-electron chi connectivity index (χ4n) is 2.50. The predicted octanol–water partition coefficient (Wildman–Crippen LogP) is 2.22. The zero-order chi connectivity index (χ0) is 12.6. The van der Waals surface area contributed by atoms with Crippen LogP contribution in [0.25, 0.3) is 0 Å². The van der Waals surface area contributed by atoms with Crippen molar-refractivity contribution in [1.29, 1.82) is 0 Å². The van der Waals surface area contributed by atoms with E-state index in [2.05, 4.69) is 20.8 Å². The average molecular weight is 270 g/mol. The fraction of sp³-hybridized carbons (Fsp3) is 0.833. The van der Waals surface area contributed by atoms with Gasteiger partial charge in [-0.25, -0.2) is 0 Å². The van der Waals surface area contributed by atoms with Gasteiger partial charge in [0, 0.05) is 0 Å². The number of hydrogen-bond acceptors (Lipinski definition) is 2. The molecule has 0 bridgehead atoms. The zero-order valence-corrected chi connectivity index (χ0v) is 13.0. The van der Waals surface area contributed by atoms with Gasteiger partial charge in [0.2, 0.25) is 0 Å². The second-order valence-electron chi connectivity index (χ2n) is 5.83. The van der Waals surface area contributed by atoms with Crippen molar-refractivity contribution in [2.24, 2.45) is 16.7 Å². The first-order chi connectivity index (χ1) is 7.20. The first kappa shape index (κ1) is 17.2. The van der Waals surface area contributed by atoms with Gasteiger partial charge in [-0.2, -0.15) is 0 Å². The quantitative estimate of drug-likeness (QED) is 0.596. The van der Waals surface area contributed by atoms with E-state index >= 15 is 0 Å². The summed E-state index contributed by atoms with van der Waals surface area (Å²) >= 11 is 0. The van der Waals surface area contributed by atoms with Crippen molar-refractivity contribution < 1.29 is 22.7 Å². The van der Waals surface area contributed by atoms with E-state index < -0.39 is 17.4 Å². The number of rotatable bonds is 2. The Balaban J connectivity index is -0.000000853. The van der Waals surface area contributed by atoms with Gasteiger partial charge in [0.25, 0.3) is 0 Å². The average Bonchev–Trinajstić information content (AvgIpc) is 2.15. The number of carboxylic acid groups (broad SMARTS) is 2. The summed E-state index contributed by atoms with van der Waals surface area (Å²) in [5.74, 6) is -1.96. The minimum atomic E-state index is -1.54. The molecule has 5 heteroatoms. The molecule has 0 amide bonds. The van der Waals surface area contributed by atoms with Crippen LogP contribution in [0.1, 0.15) is 49.3 Å². The molecule has 0 aromatic carbocycles. The molecule has 1 saturated carbocycles. The Morgan fingerprint density at radius 2 is 1.47 bits per heavy atom. The molecule has 0 radical (unpaired) electrons. The summed E-state index contributed by atoms with van der Waals surface area (Å²) < 4.78 is 0. The monoisotopic (exact) mass is 270 g/mol. The van der Waals surface area contributed by atoms with E-state index in [0.29, 0.717) is 18.8 Å². The van der Waals surface area contributed by atoms with E-state index in [9.17, 15) is 9.59 Å². The molecule has 2 N–H and O–H groups in total. The number of carboxylic acids is 2. The van der Waals surface area contributed by atoms with Crippen molar-refractivity contribution in [3.63, 3.8) is 0 Å². The number of carbonyl (C=O) groups is 2. The van der Waals surface area contributed by atoms with Gasteiger partial charge in [0.05, 0.1) is 0 Å². The molecule has 4 nitrogen and oxygen atoms in total. The van der Waals surface area contributed by atoms with Crippen molar-refractivity contribution >= 4 is 49.7 Å². The Morgan fingerprint density at radius 1 is 1.12 bits per heavy atom. The number of aliphatic carboxylic acids is 2. The SMILES string of the molecule is CC(C)(C)C1CCC(C(=O)O)(C(=O)O)CC1.[Ca+2].[H-].[H-]. The van der Waals surface area contributed by atoms with Crippen molar-refractivity contribution in [1.82, 2.24) is 0 Å². The molecule has 1 fully saturated rings. The Bertz CT molecular complexity index is 291. The van der Waals surface area contributed by atoms with E-state index in [0.717, 1.165) is 0 Å². The minimum absolute atomic E-state index is 0. The maximum absolute atomic E-state index is 11.1. The van der Waals surface area contributed by atoms with E-state index in [1.807, 2.05) is 0 Å². The van der Waals surface area contributed by atoms with Gasteiger partial charge in [0.1, 0.15) is 0 Å². The van der Waals surface area contributed by atoms with Gasteiger partial charge >= 0.3 is 49.7 Å². The largest absolute Gasteiger partial charge is 2.00 e. The van der Waals surface area contributed by atoms with Gasteiger partial charge in [-0.05, 0) is 37.0 Å². The Kier molecular flexibility index (Phi) is 5.96. The third kappa shape index (κ3) is 3.58. The second-order valence-corrected chi connectivity index (χ2v) is 5.83. The molecule has 0 aromatic rings. The van der Waals surface area contributed by atoms with Crippen LogP contribution in [0.4, 0.5) is 0 Å². The third-order valence-electron chi connectivity index (χ3n) is 3.88. The van der Waals surface area contributed by atoms with Crippen LogP contribution in [-0.4, -0.2) is 59.9 Å². The van der Waals surface area contributed by atoms with Crippen LogP contribution in [0.2, 0.25) is 0 Å². The standard InChI is InChI=1S/C12H20O4.Ca.2H/c1-11(2,3)8-4-6-12(7-5-8,9(13)14)10(15)16;;;/h8H,4-7H2,1-3H3,(H,13,14)(H,15,16);;;/q;+2;2*-1. The molecule has 0 aromatic heterocycles. The zero-order valence-electron chi connectivity index (χ0n) is 12.8. The smallest absolute Gasteiger partial charge is 1.00 e. The van der Waals surface area contributed by atoms with Gasteiger partial charge in [-0.1, -0.05) is 20.8 Å². The Labute approximate surface area is 135 Å². The molecule has 0 heterocycles. The molecule has 96 valence electrons. The van der Waals surface area contributed by atoms with Crippen molar-refractivity contribution in [3.8, 4) is 0 Å². The molecular weight excluding hydrogens is 248 g/mol. The van der Waals surface area contributed by atoms with Crippen LogP contribution in [0.5, 0.6) is 0 Å². The fourth-order valence-corrected chi connectivity index (χ4v) is 2.50. The summed E-state index contributed by atoms with van der Waals surface area (Å²) in [7, 11) is 0. The Morgan fingerprint density at radius 3 is 1.71 bits per heavy atom. The first-order valence-corrected chi connectivity index (χ1v) is 5.67. The predicted molar refractivity (Wildman–Crippen MR) is 67.1 cm³/mol. The topological polar surface area (TPSA) is 74.6 Å². The van der Waals surface area contributed by atoms with E-state index in [4.69, 9.17) is 10.2 Å². The molecule has 1 rings (SSSR count). The molecule has 0 aliphatic heterocycles. The van der Waals surface area contributed by atoms with Crippen molar-refractivity contribution in [2.45, 2.75) is 46.5 Å². The summed E-state index contributed by atoms with van der Waals surface area (Å²) in [6.45, 7) is 6.35. The van der Waals surface area contributed by atoms with Crippen molar-refractivity contribution in [2.75, 3.05) is 0 Å². The van der Waals surface area contributed by atoms with Gasteiger partial charge in [-0.3, -0.25) is 9.59 Å². The third-order valence-corrected chi connectivity index (χ3v) is 3.88. The normalized spacial score (nSPS) is 20.4. The summed E-state index contributed by atoms with van der Waals surface area (Å²) in [5, 5.41) is 18.1. The first-order valence-electron chi connectivity index (χ1n) is 5.67. The summed E-state index contributed by atoms with van der Waals surface area (Å²) in [5.41, 5.74) is -1.41. The van der Waals surface area contributed by atoms with E-state index in [1.54, 1.807) is 0 Å². The summed E-state index contributed by atoms with van der Waals surface area (Å²) in [6, 6.07) is 0. The van der Waals surface area contributed by atoms with Crippen molar-refractivity contribution in [3.05, 3.63) is 0 Å². The van der Waals surface area contributed by atoms with Crippen LogP contribution in [0.15, 0.2) is 0 Å². The summed E-state index contributed by atoms with van der Waals surface area (Å²) in [4.78, 5) is 22.2. The molecule has 1 aliphatic rings. The van der Waals surface area contributed by atoms with Gasteiger partial charge in [0.15, 0.2) is 5.41 Å². The van der Waals surface area contributed by atoms with Crippen LogP contribution in [0, 0.1) is 16.7 Å². The molecule has 0 unspecified atom stereocenters. The second kappa shape index (κ2) is 5.89. The molecule has 0 saturated heterocycles. The minimum Gasteiger partial charge on any atom is -1.00 e. The molecule has 17 heavy (non-hydrogen) atoms. The molecular formula is C12H22CaO4. The molecule has 0 spiro atoms. The molecule has 0 atom stereocenters. The van der Waals surface area contributed by atoms with E-state index in [-0.39, 0.29) is 58.8 Å². The van der Waals surface area contributed by atoms with Gasteiger partial charge < -0.3 is 13.1 Å². The maximum atomic E-state index is 11.1. The van der Waals surface area contributed by atoms with Crippen LogP contribution in [0.3, 0.4) is 0 Å². The van der Waals surface area contributed by atoms with Crippen LogP contribution >= 0.6 is 0 Å². The molecule has 1 aliphatic carbocycles. The van der Waals surface area contributed by atoms with E-state index in [1.165, 1.54) is 0 Å².